The van der Waals surface area contributed by atoms with Gasteiger partial charge in [-0.05, 0) is 55.2 Å². The Morgan fingerprint density at radius 3 is 2.62 bits per heavy atom. The van der Waals surface area contributed by atoms with Crippen LogP contribution in [0, 0.1) is 19.3 Å². The Hall–Kier alpha value is -0.820. The molecule has 1 N–H and O–H groups in total. The molecular weight excluding hydrogens is 194 g/mol. The van der Waals surface area contributed by atoms with Gasteiger partial charge in [-0.1, -0.05) is 25.1 Å². The van der Waals surface area contributed by atoms with Gasteiger partial charge in [0.25, 0.3) is 0 Å². The fourth-order valence-electron chi connectivity index (χ4n) is 2.30. The Morgan fingerprint density at radius 1 is 1.25 bits per heavy atom. The van der Waals surface area contributed by atoms with Gasteiger partial charge in [0.15, 0.2) is 0 Å². The maximum Gasteiger partial charge on any atom is 0.0208 e. The molecule has 0 atom stereocenters. The Kier molecular flexibility index (Phi) is 3.34. The average molecular weight is 217 g/mol. The molecule has 0 aliphatic heterocycles. The maximum absolute atomic E-state index is 3.62. The Labute approximate surface area is 99.3 Å². The van der Waals surface area contributed by atoms with E-state index in [4.69, 9.17) is 0 Å². The molecule has 16 heavy (non-hydrogen) atoms. The summed E-state index contributed by atoms with van der Waals surface area (Å²) in [6.45, 7) is 8.94. The molecule has 0 amide bonds. The number of aryl methyl sites for hydroxylation is 1. The summed E-state index contributed by atoms with van der Waals surface area (Å²) in [5.74, 6) is 0. The van der Waals surface area contributed by atoms with E-state index in [0.29, 0.717) is 5.41 Å². The van der Waals surface area contributed by atoms with Crippen LogP contribution in [0.15, 0.2) is 18.2 Å². The van der Waals surface area contributed by atoms with Crippen LogP contribution in [0.1, 0.15) is 42.9 Å². The highest BCUT2D eigenvalue weighted by molar-refractivity contribution is 5.32. The number of nitrogens with one attached hydrogen (secondary N) is 1. The minimum absolute atomic E-state index is 0.651. The van der Waals surface area contributed by atoms with Crippen molar-refractivity contribution < 1.29 is 0 Å². The van der Waals surface area contributed by atoms with Crippen LogP contribution in [0.3, 0.4) is 0 Å². The van der Waals surface area contributed by atoms with E-state index in [0.717, 1.165) is 6.54 Å². The number of hydrogen-bond acceptors (Lipinski definition) is 1. The molecule has 1 aliphatic carbocycles. The topological polar surface area (TPSA) is 12.0 Å². The molecule has 2 rings (SSSR count). The fraction of sp³-hybridized carbons (Fsp3) is 0.600. The third-order valence-corrected chi connectivity index (χ3v) is 4.24. The van der Waals surface area contributed by atoms with E-state index in [9.17, 15) is 0 Å². The molecule has 88 valence electrons. The molecule has 1 aromatic carbocycles. The first kappa shape index (κ1) is 11.7. The second kappa shape index (κ2) is 4.58. The Morgan fingerprint density at radius 2 is 2.00 bits per heavy atom. The summed E-state index contributed by atoms with van der Waals surface area (Å²) >= 11 is 0. The maximum atomic E-state index is 3.62. The van der Waals surface area contributed by atoms with Gasteiger partial charge < -0.3 is 5.32 Å². The fourth-order valence-corrected chi connectivity index (χ4v) is 2.30. The van der Waals surface area contributed by atoms with Crippen molar-refractivity contribution in [3.63, 3.8) is 0 Å². The van der Waals surface area contributed by atoms with E-state index in [1.165, 1.54) is 42.5 Å². The van der Waals surface area contributed by atoms with Gasteiger partial charge in [-0.25, -0.2) is 0 Å². The molecule has 1 heteroatoms. The highest BCUT2D eigenvalue weighted by Gasteiger charge is 2.39. The van der Waals surface area contributed by atoms with Crippen LogP contribution < -0.4 is 5.32 Å². The van der Waals surface area contributed by atoms with Crippen molar-refractivity contribution in [1.29, 1.82) is 0 Å². The van der Waals surface area contributed by atoms with Gasteiger partial charge in [0, 0.05) is 13.1 Å². The quantitative estimate of drug-likeness (QED) is 0.795. The summed E-state index contributed by atoms with van der Waals surface area (Å²) in [4.78, 5) is 0. The predicted octanol–water partition coefficient (Wildman–Crippen LogP) is 3.58. The SMILES string of the molecule is CCC1(CNCc2cccc(C)c2C)CC1. The summed E-state index contributed by atoms with van der Waals surface area (Å²) < 4.78 is 0. The van der Waals surface area contributed by atoms with Gasteiger partial charge in [-0.2, -0.15) is 0 Å². The Bertz CT molecular complexity index is 364. The van der Waals surface area contributed by atoms with Crippen LogP contribution in [0.2, 0.25) is 0 Å². The smallest absolute Gasteiger partial charge is 0.0208 e. The van der Waals surface area contributed by atoms with Gasteiger partial charge in [-0.15, -0.1) is 0 Å². The molecule has 1 saturated carbocycles. The minimum Gasteiger partial charge on any atom is -0.312 e. The van der Waals surface area contributed by atoms with Crippen LogP contribution in [-0.4, -0.2) is 6.54 Å². The summed E-state index contributed by atoms with van der Waals surface area (Å²) in [5.41, 5.74) is 4.94. The van der Waals surface area contributed by atoms with Gasteiger partial charge in [0.2, 0.25) is 0 Å². The average Bonchev–Trinajstić information content (AvgIpc) is 3.05. The van der Waals surface area contributed by atoms with Crippen LogP contribution >= 0.6 is 0 Å². The zero-order chi connectivity index (χ0) is 11.6. The molecule has 0 unspecified atom stereocenters. The molecule has 1 nitrogen and oxygen atoms in total. The third-order valence-electron chi connectivity index (χ3n) is 4.24. The molecule has 1 fully saturated rings. The van der Waals surface area contributed by atoms with Crippen molar-refractivity contribution in [3.8, 4) is 0 Å². The second-order valence-electron chi connectivity index (χ2n) is 5.32. The van der Waals surface area contributed by atoms with E-state index < -0.39 is 0 Å². The molecule has 1 aliphatic rings. The minimum atomic E-state index is 0.651. The molecule has 0 heterocycles. The number of benzene rings is 1. The number of rotatable bonds is 5. The zero-order valence-electron chi connectivity index (χ0n) is 10.8. The van der Waals surface area contributed by atoms with Crippen LogP contribution in [0.5, 0.6) is 0 Å². The highest BCUT2D eigenvalue weighted by atomic mass is 14.9. The lowest BCUT2D eigenvalue weighted by Gasteiger charge is -2.15. The Balaban J connectivity index is 1.88. The molecule has 0 radical (unpaired) electrons. The normalized spacial score (nSPS) is 17.4. The van der Waals surface area contributed by atoms with E-state index in [-0.39, 0.29) is 0 Å². The van der Waals surface area contributed by atoms with Crippen molar-refractivity contribution in [2.45, 2.75) is 46.6 Å². The summed E-state index contributed by atoms with van der Waals surface area (Å²) in [7, 11) is 0. The van der Waals surface area contributed by atoms with Crippen molar-refractivity contribution in [2.75, 3.05) is 6.54 Å². The van der Waals surface area contributed by atoms with Crippen LogP contribution in [0.4, 0.5) is 0 Å². The zero-order valence-corrected chi connectivity index (χ0v) is 10.8. The number of hydrogen-bond donors (Lipinski definition) is 1. The van der Waals surface area contributed by atoms with E-state index >= 15 is 0 Å². The first-order valence-electron chi connectivity index (χ1n) is 6.43. The summed E-state index contributed by atoms with van der Waals surface area (Å²) in [6, 6.07) is 6.58. The summed E-state index contributed by atoms with van der Waals surface area (Å²) in [6.07, 6.45) is 4.17. The second-order valence-corrected chi connectivity index (χ2v) is 5.32. The predicted molar refractivity (Wildman–Crippen MR) is 69.6 cm³/mol. The van der Waals surface area contributed by atoms with Crippen molar-refractivity contribution in [3.05, 3.63) is 34.9 Å². The first-order chi connectivity index (χ1) is 7.67. The van der Waals surface area contributed by atoms with Crippen LogP contribution in [-0.2, 0) is 6.54 Å². The largest absolute Gasteiger partial charge is 0.312 e. The first-order valence-corrected chi connectivity index (χ1v) is 6.43. The van der Waals surface area contributed by atoms with E-state index in [2.05, 4.69) is 44.3 Å². The van der Waals surface area contributed by atoms with Gasteiger partial charge >= 0.3 is 0 Å². The lowest BCUT2D eigenvalue weighted by atomic mass is 10.0. The lowest BCUT2D eigenvalue weighted by molar-refractivity contribution is 0.443. The molecule has 0 aromatic heterocycles. The van der Waals surface area contributed by atoms with Gasteiger partial charge in [-0.3, -0.25) is 0 Å². The molecule has 0 spiro atoms. The highest BCUT2D eigenvalue weighted by Crippen LogP contribution is 2.47. The standard InChI is InChI=1S/C15H23N/c1-4-15(8-9-15)11-16-10-14-7-5-6-12(2)13(14)3/h5-7,16H,4,8-11H2,1-3H3. The van der Waals surface area contributed by atoms with Crippen molar-refractivity contribution in [2.24, 2.45) is 5.41 Å². The van der Waals surface area contributed by atoms with E-state index in [1.807, 2.05) is 0 Å². The molecular formula is C15H23N. The van der Waals surface area contributed by atoms with Crippen molar-refractivity contribution in [1.82, 2.24) is 5.32 Å². The van der Waals surface area contributed by atoms with E-state index in [1.54, 1.807) is 0 Å². The molecule has 0 saturated heterocycles. The third kappa shape index (κ3) is 2.46. The molecule has 0 bridgehead atoms. The van der Waals surface area contributed by atoms with Crippen LogP contribution in [0.25, 0.3) is 0 Å². The molecule has 1 aromatic rings. The van der Waals surface area contributed by atoms with Gasteiger partial charge in [0.1, 0.15) is 0 Å². The lowest BCUT2D eigenvalue weighted by Crippen LogP contribution is -2.23. The van der Waals surface area contributed by atoms with Gasteiger partial charge in [0.05, 0.1) is 0 Å². The monoisotopic (exact) mass is 217 g/mol. The van der Waals surface area contributed by atoms with Crippen molar-refractivity contribution >= 4 is 0 Å². The summed E-state index contributed by atoms with van der Waals surface area (Å²) in [5, 5.41) is 3.62.